The summed E-state index contributed by atoms with van der Waals surface area (Å²) in [7, 11) is -3.11. The third-order valence-corrected chi connectivity index (χ3v) is 7.22. The number of carbonyl (C=O) groups is 1. The van der Waals surface area contributed by atoms with Crippen LogP contribution in [0.4, 0.5) is 17.1 Å². The molecule has 0 aliphatic rings. The zero-order valence-electron chi connectivity index (χ0n) is 20.3. The topological polar surface area (TPSA) is 140 Å². The molecule has 2 N–H and O–H groups in total. The van der Waals surface area contributed by atoms with Crippen molar-refractivity contribution < 1.29 is 57.2 Å². The zero-order chi connectivity index (χ0) is 26.9. The van der Waals surface area contributed by atoms with E-state index in [1.807, 2.05) is 0 Å². The molecule has 38 heavy (non-hydrogen) atoms. The molecule has 0 spiro atoms. The molecule has 0 fully saturated rings. The summed E-state index contributed by atoms with van der Waals surface area (Å²) < 4.78 is 37.6. The molecular formula is C25H18Cl2N3NaO6S. The van der Waals surface area contributed by atoms with E-state index >= 15 is 0 Å². The number of ether oxygens (including phenoxy) is 1. The van der Waals surface area contributed by atoms with Crippen LogP contribution in [0.3, 0.4) is 0 Å². The Labute approximate surface area is 250 Å². The average Bonchev–Trinajstić information content (AvgIpc) is 2.84. The van der Waals surface area contributed by atoms with Crippen LogP contribution in [0.25, 0.3) is 10.8 Å². The van der Waals surface area contributed by atoms with Crippen LogP contribution in [-0.2, 0) is 10.1 Å². The van der Waals surface area contributed by atoms with Gasteiger partial charge in [0.15, 0.2) is 0 Å². The van der Waals surface area contributed by atoms with Gasteiger partial charge >= 0.3 is 29.6 Å². The number of nitrogens with zero attached hydrogens (tertiary/aromatic N) is 2. The van der Waals surface area contributed by atoms with Gasteiger partial charge in [0.2, 0.25) is 0 Å². The first-order chi connectivity index (χ1) is 17.5. The van der Waals surface area contributed by atoms with E-state index in [4.69, 9.17) is 27.9 Å². The largest absolute Gasteiger partial charge is 1.00 e. The van der Waals surface area contributed by atoms with Gasteiger partial charge in [-0.25, -0.2) is 0 Å². The maximum atomic E-state index is 13.4. The minimum absolute atomic E-state index is 0. The van der Waals surface area contributed by atoms with Crippen molar-refractivity contribution in [1.29, 1.82) is 0 Å². The molecule has 4 rings (SSSR count). The number of hydrogen-bond acceptors (Lipinski definition) is 7. The number of amides is 1. The molecule has 0 heterocycles. The van der Waals surface area contributed by atoms with Crippen LogP contribution >= 0.6 is 23.2 Å². The molecule has 0 aromatic heterocycles. The summed E-state index contributed by atoms with van der Waals surface area (Å²) in [5, 5.41) is 25.4. The first-order valence-corrected chi connectivity index (χ1v) is 12.8. The van der Waals surface area contributed by atoms with Gasteiger partial charge in [-0.3, -0.25) is 9.35 Å². The van der Waals surface area contributed by atoms with Gasteiger partial charge in [0.1, 0.15) is 10.6 Å². The molecule has 1 amide bonds. The van der Waals surface area contributed by atoms with Crippen LogP contribution in [0, 0.1) is 6.92 Å². The maximum Gasteiger partial charge on any atom is 1.00 e. The maximum absolute atomic E-state index is 13.4. The molecule has 0 radical (unpaired) electrons. The Morgan fingerprint density at radius 1 is 1.05 bits per heavy atom. The number of rotatable bonds is 6. The van der Waals surface area contributed by atoms with Crippen molar-refractivity contribution in [2.24, 2.45) is 10.2 Å². The van der Waals surface area contributed by atoms with Gasteiger partial charge in [-0.2, -0.15) is 18.6 Å². The molecule has 0 unspecified atom stereocenters. The van der Waals surface area contributed by atoms with Gasteiger partial charge < -0.3 is 15.2 Å². The molecule has 0 saturated carbocycles. The molecule has 9 nitrogen and oxygen atoms in total. The fourth-order valence-electron chi connectivity index (χ4n) is 3.61. The van der Waals surface area contributed by atoms with Crippen LogP contribution in [0.15, 0.2) is 75.8 Å². The Morgan fingerprint density at radius 3 is 2.45 bits per heavy atom. The number of benzene rings is 4. The number of anilines is 1. The van der Waals surface area contributed by atoms with Crippen LogP contribution in [0.1, 0.15) is 15.9 Å². The fourth-order valence-corrected chi connectivity index (χ4v) is 4.85. The minimum atomic E-state index is -4.54. The summed E-state index contributed by atoms with van der Waals surface area (Å²) in [5.74, 6) is -1.03. The number of methoxy groups -OCH3 is 1. The Balaban J connectivity index is 0.00000400. The molecule has 0 aliphatic heterocycles. The Kier molecular flexibility index (Phi) is 9.43. The summed E-state index contributed by atoms with van der Waals surface area (Å²) >= 11 is 12.1. The van der Waals surface area contributed by atoms with Crippen molar-refractivity contribution in [3.05, 3.63) is 81.8 Å². The van der Waals surface area contributed by atoms with Crippen molar-refractivity contribution in [2.45, 2.75) is 11.8 Å². The smallest absolute Gasteiger partial charge is 0.870 e. The fraction of sp³-hybridized carbons (Fsp3) is 0.0800. The van der Waals surface area contributed by atoms with Gasteiger partial charge in [-0.05, 0) is 54.3 Å². The number of fused-ring (bicyclic) bond motifs is 1. The summed E-state index contributed by atoms with van der Waals surface area (Å²) in [4.78, 5) is 12.7. The zero-order valence-corrected chi connectivity index (χ0v) is 24.6. The SMILES string of the molecule is COc1ccc(Cl)cc1NC(=O)c1cc2ccccc2c(N=Nc2ccc(S(=O)(=O)O)c(Cl)c2C)c1[O-].[Na+]. The predicted octanol–water partition coefficient (Wildman–Crippen LogP) is 3.46. The van der Waals surface area contributed by atoms with E-state index in [1.165, 1.54) is 32.2 Å². The van der Waals surface area contributed by atoms with Crippen LogP contribution in [0.5, 0.6) is 11.5 Å². The third kappa shape index (κ3) is 6.13. The number of nitrogens with one attached hydrogen (secondary N) is 1. The van der Waals surface area contributed by atoms with E-state index < -0.39 is 26.7 Å². The third-order valence-electron chi connectivity index (χ3n) is 5.49. The molecule has 190 valence electrons. The Bertz CT molecular complexity index is 1700. The first-order valence-electron chi connectivity index (χ1n) is 10.6. The number of carbonyl (C=O) groups excluding carboxylic acids is 1. The molecule has 0 aliphatic carbocycles. The summed E-state index contributed by atoms with van der Waals surface area (Å²) in [6.07, 6.45) is 0. The van der Waals surface area contributed by atoms with Crippen LogP contribution in [-0.4, -0.2) is 26.0 Å². The molecule has 4 aromatic carbocycles. The van der Waals surface area contributed by atoms with Gasteiger partial charge in [0.25, 0.3) is 16.0 Å². The van der Waals surface area contributed by atoms with Gasteiger partial charge in [0, 0.05) is 16.0 Å². The van der Waals surface area contributed by atoms with Crippen LogP contribution < -0.4 is 44.7 Å². The molecule has 13 heteroatoms. The van der Waals surface area contributed by atoms with E-state index in [2.05, 4.69) is 15.5 Å². The van der Waals surface area contributed by atoms with E-state index in [9.17, 15) is 22.9 Å². The van der Waals surface area contributed by atoms with Crippen molar-refractivity contribution in [3.63, 3.8) is 0 Å². The molecular weight excluding hydrogens is 564 g/mol. The molecule has 0 saturated heterocycles. The number of azo groups is 1. The average molecular weight is 582 g/mol. The second-order valence-electron chi connectivity index (χ2n) is 7.82. The predicted molar refractivity (Wildman–Crippen MR) is 140 cm³/mol. The van der Waals surface area contributed by atoms with Crippen molar-refractivity contribution in [2.75, 3.05) is 12.4 Å². The number of hydrogen-bond donors (Lipinski definition) is 2. The van der Waals surface area contributed by atoms with Gasteiger partial charge in [0.05, 0.1) is 29.2 Å². The quantitative estimate of drug-likeness (QED) is 0.203. The second-order valence-corrected chi connectivity index (χ2v) is 10.0. The summed E-state index contributed by atoms with van der Waals surface area (Å²) in [6.45, 7) is 1.49. The summed E-state index contributed by atoms with van der Waals surface area (Å²) in [5.41, 5.74) is 0.375. The van der Waals surface area contributed by atoms with E-state index in [1.54, 1.807) is 36.4 Å². The van der Waals surface area contributed by atoms with E-state index in [-0.39, 0.29) is 62.8 Å². The minimum Gasteiger partial charge on any atom is -0.870 e. The van der Waals surface area contributed by atoms with Gasteiger partial charge in [-0.15, -0.1) is 0 Å². The van der Waals surface area contributed by atoms with Crippen molar-refractivity contribution in [3.8, 4) is 11.5 Å². The van der Waals surface area contributed by atoms with Crippen LogP contribution in [0.2, 0.25) is 10.0 Å². The Hall–Kier alpha value is -2.70. The second kappa shape index (κ2) is 12.0. The molecule has 4 aromatic rings. The monoisotopic (exact) mass is 581 g/mol. The summed E-state index contributed by atoms with van der Waals surface area (Å²) in [6, 6.07) is 15.3. The number of halogens is 2. The standard InChI is InChI=1S/C25H19Cl2N3O6S.Na/c1-13-18(8-10-21(22(13)27)37(33,34)35)29-30-23-16-6-4-3-5-14(16)11-17(24(23)31)25(32)28-19-12-15(26)7-9-20(19)36-2;/h3-12,31H,1-2H3,(H,28,32)(H,33,34,35);/q;+1/p-1. The first kappa shape index (κ1) is 29.9. The normalized spacial score (nSPS) is 11.4. The van der Waals surface area contributed by atoms with E-state index in [0.717, 1.165) is 6.07 Å². The van der Waals surface area contributed by atoms with Gasteiger partial charge in [-0.1, -0.05) is 53.2 Å². The Morgan fingerprint density at radius 2 is 1.76 bits per heavy atom. The van der Waals surface area contributed by atoms with Crippen molar-refractivity contribution >= 4 is 67.1 Å². The van der Waals surface area contributed by atoms with E-state index in [0.29, 0.717) is 21.5 Å². The van der Waals surface area contributed by atoms with Crippen molar-refractivity contribution in [1.82, 2.24) is 0 Å². The molecule has 0 bridgehead atoms. The molecule has 0 atom stereocenters.